The van der Waals surface area contributed by atoms with Crippen LogP contribution >= 0.6 is 11.6 Å². The van der Waals surface area contributed by atoms with Gasteiger partial charge in [-0.15, -0.1) is 0 Å². The van der Waals surface area contributed by atoms with Gasteiger partial charge in [-0.05, 0) is 37.3 Å². The van der Waals surface area contributed by atoms with Crippen LogP contribution in [-0.4, -0.2) is 49.6 Å². The smallest absolute Gasteiger partial charge is 0.260 e. The monoisotopic (exact) mass is 404 g/mol. The molecule has 1 aliphatic rings. The van der Waals surface area contributed by atoms with E-state index in [0.29, 0.717) is 47.7 Å². The Morgan fingerprint density at radius 1 is 1.14 bits per heavy atom. The molecule has 28 heavy (non-hydrogen) atoms. The predicted octanol–water partition coefficient (Wildman–Crippen LogP) is 2.98. The molecule has 1 heterocycles. The van der Waals surface area contributed by atoms with Crippen molar-refractivity contribution < 1.29 is 23.8 Å². The Labute approximate surface area is 168 Å². The molecule has 7 nitrogen and oxygen atoms in total. The van der Waals surface area contributed by atoms with E-state index in [9.17, 15) is 9.59 Å². The number of ether oxygens (including phenoxy) is 3. The van der Waals surface area contributed by atoms with E-state index in [0.717, 1.165) is 0 Å². The number of anilines is 1. The third kappa shape index (κ3) is 5.29. The van der Waals surface area contributed by atoms with E-state index >= 15 is 0 Å². The van der Waals surface area contributed by atoms with Gasteiger partial charge in [0.25, 0.3) is 5.91 Å². The number of rotatable bonds is 7. The Bertz CT molecular complexity index is 858. The van der Waals surface area contributed by atoms with Crippen LogP contribution in [0.3, 0.4) is 0 Å². The predicted molar refractivity (Wildman–Crippen MR) is 105 cm³/mol. The fraction of sp³-hybridized carbons (Fsp3) is 0.300. The number of hydrogen-bond acceptors (Lipinski definition) is 5. The molecule has 8 heteroatoms. The summed E-state index contributed by atoms with van der Waals surface area (Å²) >= 11 is 5.90. The number of carbonyl (C=O) groups is 2. The highest BCUT2D eigenvalue weighted by atomic mass is 35.5. The van der Waals surface area contributed by atoms with Crippen molar-refractivity contribution in [1.82, 2.24) is 4.90 Å². The molecule has 2 aromatic rings. The fourth-order valence-corrected chi connectivity index (χ4v) is 2.84. The first kappa shape index (κ1) is 19.8. The Hall–Kier alpha value is -2.93. The summed E-state index contributed by atoms with van der Waals surface area (Å²) in [4.78, 5) is 26.1. The Balaban J connectivity index is 1.53. The molecule has 0 radical (unpaired) electrons. The summed E-state index contributed by atoms with van der Waals surface area (Å²) in [5.74, 6) is 1.13. The minimum Gasteiger partial charge on any atom is -0.486 e. The highest BCUT2D eigenvalue weighted by Gasteiger charge is 2.18. The molecule has 0 saturated carbocycles. The standard InChI is InChI=1S/C20H21ClN2O5/c1-2-23(20(25)13-28-16-5-3-4-14(21)10-16)12-19(24)22-15-6-7-17-18(11-15)27-9-8-26-17/h3-7,10-11H,2,8-9,12-13H2,1H3,(H,22,24). The van der Waals surface area contributed by atoms with Crippen LogP contribution in [0.1, 0.15) is 6.92 Å². The molecule has 3 rings (SSSR count). The lowest BCUT2D eigenvalue weighted by Crippen LogP contribution is -2.40. The maximum atomic E-state index is 12.4. The van der Waals surface area contributed by atoms with Crippen molar-refractivity contribution in [3.8, 4) is 17.2 Å². The average Bonchev–Trinajstić information content (AvgIpc) is 2.70. The fourth-order valence-electron chi connectivity index (χ4n) is 2.66. The van der Waals surface area contributed by atoms with Gasteiger partial charge in [0.05, 0.1) is 6.54 Å². The second-order valence-corrected chi connectivity index (χ2v) is 6.50. The van der Waals surface area contributed by atoms with E-state index in [2.05, 4.69) is 5.32 Å². The molecule has 0 saturated heterocycles. The molecular formula is C20H21ClN2O5. The van der Waals surface area contributed by atoms with Gasteiger partial charge < -0.3 is 24.4 Å². The van der Waals surface area contributed by atoms with Crippen LogP contribution in [0, 0.1) is 0 Å². The number of nitrogens with zero attached hydrogens (tertiary/aromatic N) is 1. The van der Waals surface area contributed by atoms with Crippen molar-refractivity contribution in [3.05, 3.63) is 47.5 Å². The number of amides is 2. The van der Waals surface area contributed by atoms with Gasteiger partial charge in [0.1, 0.15) is 19.0 Å². The first-order valence-electron chi connectivity index (χ1n) is 8.91. The number of likely N-dealkylation sites (N-methyl/N-ethyl adjacent to an activating group) is 1. The number of hydrogen-bond donors (Lipinski definition) is 1. The molecule has 0 fully saturated rings. The van der Waals surface area contributed by atoms with E-state index in [1.807, 2.05) is 0 Å². The molecule has 0 spiro atoms. The lowest BCUT2D eigenvalue weighted by molar-refractivity contribution is -0.136. The van der Waals surface area contributed by atoms with Gasteiger partial charge in [-0.1, -0.05) is 17.7 Å². The SMILES string of the molecule is CCN(CC(=O)Nc1ccc2c(c1)OCCO2)C(=O)COc1cccc(Cl)c1. The lowest BCUT2D eigenvalue weighted by Gasteiger charge is -2.21. The van der Waals surface area contributed by atoms with Crippen molar-refractivity contribution in [2.75, 3.05) is 38.2 Å². The van der Waals surface area contributed by atoms with Crippen LogP contribution in [0.15, 0.2) is 42.5 Å². The van der Waals surface area contributed by atoms with Gasteiger partial charge in [-0.25, -0.2) is 0 Å². The van der Waals surface area contributed by atoms with Gasteiger partial charge in [0.2, 0.25) is 5.91 Å². The second-order valence-electron chi connectivity index (χ2n) is 6.06. The highest BCUT2D eigenvalue weighted by Crippen LogP contribution is 2.32. The maximum absolute atomic E-state index is 12.4. The van der Waals surface area contributed by atoms with Crippen LogP contribution < -0.4 is 19.5 Å². The van der Waals surface area contributed by atoms with Gasteiger partial charge in [-0.3, -0.25) is 9.59 Å². The van der Waals surface area contributed by atoms with E-state index in [4.69, 9.17) is 25.8 Å². The molecule has 0 aromatic heterocycles. The zero-order valence-corrected chi connectivity index (χ0v) is 16.2. The van der Waals surface area contributed by atoms with E-state index in [1.165, 1.54) is 4.90 Å². The van der Waals surface area contributed by atoms with Crippen LogP contribution in [0.5, 0.6) is 17.2 Å². The molecule has 0 bridgehead atoms. The molecule has 1 N–H and O–H groups in total. The van der Waals surface area contributed by atoms with Crippen molar-refractivity contribution >= 4 is 29.1 Å². The van der Waals surface area contributed by atoms with Crippen molar-refractivity contribution in [2.45, 2.75) is 6.92 Å². The highest BCUT2D eigenvalue weighted by molar-refractivity contribution is 6.30. The zero-order chi connectivity index (χ0) is 19.9. The van der Waals surface area contributed by atoms with Crippen molar-refractivity contribution in [1.29, 1.82) is 0 Å². The van der Waals surface area contributed by atoms with E-state index in [1.54, 1.807) is 49.4 Å². The third-order valence-corrected chi connectivity index (χ3v) is 4.29. The van der Waals surface area contributed by atoms with E-state index < -0.39 is 0 Å². The number of carbonyl (C=O) groups excluding carboxylic acids is 2. The van der Waals surface area contributed by atoms with Gasteiger partial charge >= 0.3 is 0 Å². The van der Waals surface area contributed by atoms with Gasteiger partial charge in [0.15, 0.2) is 18.1 Å². The molecule has 148 valence electrons. The van der Waals surface area contributed by atoms with Crippen molar-refractivity contribution in [2.24, 2.45) is 0 Å². The molecule has 2 amide bonds. The normalized spacial score (nSPS) is 12.2. The lowest BCUT2D eigenvalue weighted by atomic mass is 10.2. The van der Waals surface area contributed by atoms with Gasteiger partial charge in [-0.2, -0.15) is 0 Å². The molecule has 2 aromatic carbocycles. The minimum absolute atomic E-state index is 0.0807. The summed E-state index contributed by atoms with van der Waals surface area (Å²) in [6.07, 6.45) is 0. The van der Waals surface area contributed by atoms with E-state index in [-0.39, 0.29) is 25.0 Å². The Kier molecular flexibility index (Phi) is 6.60. The second kappa shape index (κ2) is 9.32. The summed E-state index contributed by atoms with van der Waals surface area (Å²) in [7, 11) is 0. The molecule has 0 aliphatic carbocycles. The summed E-state index contributed by atoms with van der Waals surface area (Å²) in [5.41, 5.74) is 0.577. The zero-order valence-electron chi connectivity index (χ0n) is 15.4. The number of halogens is 1. The quantitative estimate of drug-likeness (QED) is 0.767. The maximum Gasteiger partial charge on any atom is 0.260 e. The summed E-state index contributed by atoms with van der Waals surface area (Å²) in [6.45, 7) is 2.90. The number of benzene rings is 2. The minimum atomic E-state index is -0.311. The summed E-state index contributed by atoms with van der Waals surface area (Å²) in [5, 5.41) is 3.29. The average molecular weight is 405 g/mol. The van der Waals surface area contributed by atoms with Crippen molar-refractivity contribution in [3.63, 3.8) is 0 Å². The molecule has 0 unspecified atom stereocenters. The van der Waals surface area contributed by atoms with Crippen LogP contribution in [0.2, 0.25) is 5.02 Å². The topological polar surface area (TPSA) is 77.1 Å². The molecule has 1 aliphatic heterocycles. The number of nitrogens with one attached hydrogen (secondary N) is 1. The first-order valence-corrected chi connectivity index (χ1v) is 9.28. The third-order valence-electron chi connectivity index (χ3n) is 4.05. The van der Waals surface area contributed by atoms with Crippen LogP contribution in [-0.2, 0) is 9.59 Å². The molecule has 0 atom stereocenters. The van der Waals surface area contributed by atoms with Crippen LogP contribution in [0.4, 0.5) is 5.69 Å². The Morgan fingerprint density at radius 3 is 2.68 bits per heavy atom. The van der Waals surface area contributed by atoms with Crippen LogP contribution in [0.25, 0.3) is 0 Å². The molecular weight excluding hydrogens is 384 g/mol. The first-order chi connectivity index (χ1) is 13.5. The summed E-state index contributed by atoms with van der Waals surface area (Å²) in [6, 6.07) is 12.0. The largest absolute Gasteiger partial charge is 0.486 e. The Morgan fingerprint density at radius 2 is 1.93 bits per heavy atom. The number of fused-ring (bicyclic) bond motifs is 1. The van der Waals surface area contributed by atoms with Gasteiger partial charge in [0, 0.05) is 23.3 Å². The summed E-state index contributed by atoms with van der Waals surface area (Å²) < 4.78 is 16.4.